The maximum Gasteiger partial charge on any atom is 0.347 e. The molecule has 1 aliphatic rings. The third-order valence-corrected chi connectivity index (χ3v) is 5.57. The zero-order chi connectivity index (χ0) is 14.0. The minimum atomic E-state index is -3.74. The first-order valence-electron chi connectivity index (χ1n) is 5.92. The highest BCUT2D eigenvalue weighted by atomic mass is 32.2. The maximum absolute atomic E-state index is 12.0. The van der Waals surface area contributed by atoms with E-state index in [0.717, 1.165) is 24.2 Å². The smallest absolute Gasteiger partial charge is 0.347 e. The van der Waals surface area contributed by atoms with Crippen LogP contribution in [0.2, 0.25) is 0 Å². The molecule has 0 unspecified atom stereocenters. The number of nitrogens with zero attached hydrogens (tertiary/aromatic N) is 1. The lowest BCUT2D eigenvalue weighted by Gasteiger charge is -2.15. The van der Waals surface area contributed by atoms with E-state index < -0.39 is 16.0 Å². The Morgan fingerprint density at radius 3 is 2.84 bits per heavy atom. The first kappa shape index (κ1) is 14.4. The average molecular weight is 304 g/mol. The maximum atomic E-state index is 12.0. The van der Waals surface area contributed by atoms with Crippen molar-refractivity contribution in [2.24, 2.45) is 0 Å². The molecule has 0 saturated heterocycles. The molecule has 1 aromatic rings. The Bertz CT molecular complexity index is 563. The molecule has 0 aliphatic heterocycles. The quantitative estimate of drug-likeness (QED) is 0.779. The van der Waals surface area contributed by atoms with Gasteiger partial charge in [0.2, 0.25) is 10.0 Å². The summed E-state index contributed by atoms with van der Waals surface area (Å²) < 4.78 is 26.4. The molecule has 0 radical (unpaired) electrons. The van der Waals surface area contributed by atoms with Crippen molar-refractivity contribution in [3.63, 3.8) is 0 Å². The second-order valence-electron chi connectivity index (χ2n) is 4.53. The third-order valence-electron chi connectivity index (χ3n) is 3.04. The Kier molecular flexibility index (Phi) is 4.24. The van der Waals surface area contributed by atoms with Crippen LogP contribution in [-0.2, 0) is 10.0 Å². The van der Waals surface area contributed by atoms with E-state index in [0.29, 0.717) is 12.6 Å². The van der Waals surface area contributed by atoms with Gasteiger partial charge in [0.05, 0.1) is 0 Å². The molecule has 2 N–H and O–H groups in total. The number of carboxylic acid groups (broad SMARTS) is 1. The van der Waals surface area contributed by atoms with Gasteiger partial charge in [-0.25, -0.2) is 17.9 Å². The van der Waals surface area contributed by atoms with Crippen molar-refractivity contribution in [1.29, 1.82) is 0 Å². The van der Waals surface area contributed by atoms with E-state index >= 15 is 0 Å². The summed E-state index contributed by atoms with van der Waals surface area (Å²) in [5.74, 6) is -1.22. The van der Waals surface area contributed by atoms with Gasteiger partial charge in [0.25, 0.3) is 0 Å². The van der Waals surface area contributed by atoms with Gasteiger partial charge in [-0.2, -0.15) is 0 Å². The van der Waals surface area contributed by atoms with Crippen molar-refractivity contribution in [1.82, 2.24) is 9.62 Å². The zero-order valence-electron chi connectivity index (χ0n) is 10.5. The summed E-state index contributed by atoms with van der Waals surface area (Å²) in [6.45, 7) is 0.903. The van der Waals surface area contributed by atoms with Gasteiger partial charge in [0, 0.05) is 19.1 Å². The third kappa shape index (κ3) is 3.53. The van der Waals surface area contributed by atoms with E-state index in [9.17, 15) is 13.2 Å². The second kappa shape index (κ2) is 5.58. The summed E-state index contributed by atoms with van der Waals surface area (Å²) in [5, 5.41) is 10.4. The number of carboxylic acids is 1. The van der Waals surface area contributed by atoms with Crippen LogP contribution >= 0.6 is 11.3 Å². The van der Waals surface area contributed by atoms with Gasteiger partial charge in [0.1, 0.15) is 9.77 Å². The fourth-order valence-electron chi connectivity index (χ4n) is 1.80. The van der Waals surface area contributed by atoms with Crippen LogP contribution in [0.3, 0.4) is 0 Å². The lowest BCUT2D eigenvalue weighted by atomic mass is 10.5. The van der Waals surface area contributed by atoms with Crippen molar-refractivity contribution >= 4 is 27.3 Å². The fourth-order valence-corrected chi connectivity index (χ4v) is 4.08. The summed E-state index contributed by atoms with van der Waals surface area (Å²) in [4.78, 5) is 12.7. The topological polar surface area (TPSA) is 86.7 Å². The summed E-state index contributed by atoms with van der Waals surface area (Å²) >= 11 is 0.910. The number of carbonyl (C=O) groups is 1. The molecule has 0 atom stereocenters. The molecule has 6 nitrogen and oxygen atoms in total. The molecule has 0 spiro atoms. The SMILES string of the molecule is CN(CCNS(=O)(=O)c1ccsc1C(=O)O)C1CC1. The molecule has 8 heteroatoms. The number of hydrogen-bond donors (Lipinski definition) is 2. The Labute approximate surface area is 116 Å². The average Bonchev–Trinajstić information content (AvgIpc) is 3.04. The molecule has 106 valence electrons. The Balaban J connectivity index is 1.97. The second-order valence-corrected chi connectivity index (χ2v) is 7.18. The molecule has 1 aliphatic carbocycles. The largest absolute Gasteiger partial charge is 0.477 e. The number of sulfonamides is 1. The molecule has 19 heavy (non-hydrogen) atoms. The fraction of sp³-hybridized carbons (Fsp3) is 0.545. The van der Waals surface area contributed by atoms with E-state index in [1.807, 2.05) is 7.05 Å². The van der Waals surface area contributed by atoms with E-state index in [1.165, 1.54) is 11.4 Å². The van der Waals surface area contributed by atoms with Gasteiger partial charge < -0.3 is 10.0 Å². The highest BCUT2D eigenvalue weighted by Crippen LogP contribution is 2.25. The molecule has 1 saturated carbocycles. The summed E-state index contributed by atoms with van der Waals surface area (Å²) in [7, 11) is -1.78. The monoisotopic (exact) mass is 304 g/mol. The number of nitrogens with one attached hydrogen (secondary N) is 1. The van der Waals surface area contributed by atoms with Crippen LogP contribution < -0.4 is 4.72 Å². The first-order chi connectivity index (χ1) is 8.92. The van der Waals surface area contributed by atoms with E-state index in [-0.39, 0.29) is 16.3 Å². The molecule has 0 aromatic carbocycles. The molecule has 1 aromatic heterocycles. The molecule has 2 rings (SSSR count). The van der Waals surface area contributed by atoms with Crippen LogP contribution in [-0.4, -0.2) is 50.6 Å². The number of aromatic carboxylic acids is 1. The molecule has 1 fully saturated rings. The molecular weight excluding hydrogens is 288 g/mol. The summed E-state index contributed by atoms with van der Waals surface area (Å²) in [6.07, 6.45) is 2.33. The minimum absolute atomic E-state index is 0.150. The standard InChI is InChI=1S/C11H16N2O4S2/c1-13(8-2-3-8)6-5-12-19(16,17)9-4-7-18-10(9)11(14)15/h4,7-8,12H,2-3,5-6H2,1H3,(H,14,15). The zero-order valence-corrected chi connectivity index (χ0v) is 12.1. The minimum Gasteiger partial charge on any atom is -0.477 e. The molecular formula is C11H16N2O4S2. The van der Waals surface area contributed by atoms with Gasteiger partial charge in [-0.1, -0.05) is 0 Å². The Morgan fingerprint density at radius 2 is 2.26 bits per heavy atom. The molecule has 0 amide bonds. The normalized spacial score (nSPS) is 15.9. The number of hydrogen-bond acceptors (Lipinski definition) is 5. The van der Waals surface area contributed by atoms with Crippen LogP contribution in [0.1, 0.15) is 22.5 Å². The van der Waals surface area contributed by atoms with E-state index in [2.05, 4.69) is 9.62 Å². The van der Waals surface area contributed by atoms with Crippen LogP contribution in [0.5, 0.6) is 0 Å². The molecule has 0 bridgehead atoms. The first-order valence-corrected chi connectivity index (χ1v) is 8.29. The van der Waals surface area contributed by atoms with Crippen molar-refractivity contribution in [3.8, 4) is 0 Å². The van der Waals surface area contributed by atoms with Crippen molar-refractivity contribution in [2.45, 2.75) is 23.8 Å². The van der Waals surface area contributed by atoms with Crippen molar-refractivity contribution in [2.75, 3.05) is 20.1 Å². The highest BCUT2D eigenvalue weighted by molar-refractivity contribution is 7.89. The number of thiophene rings is 1. The van der Waals surface area contributed by atoms with Crippen LogP contribution in [0, 0.1) is 0 Å². The summed E-state index contributed by atoms with van der Waals surface area (Å²) in [6, 6.07) is 1.89. The number of likely N-dealkylation sites (N-methyl/N-ethyl adjacent to an activating group) is 1. The van der Waals surface area contributed by atoms with Gasteiger partial charge in [0.15, 0.2) is 0 Å². The van der Waals surface area contributed by atoms with Crippen LogP contribution in [0.25, 0.3) is 0 Å². The molecule has 1 heterocycles. The van der Waals surface area contributed by atoms with Crippen LogP contribution in [0.4, 0.5) is 0 Å². The predicted molar refractivity (Wildman–Crippen MR) is 72.1 cm³/mol. The lowest BCUT2D eigenvalue weighted by Crippen LogP contribution is -2.34. The van der Waals surface area contributed by atoms with Gasteiger partial charge in [-0.05, 0) is 31.3 Å². The highest BCUT2D eigenvalue weighted by Gasteiger charge is 2.27. The van der Waals surface area contributed by atoms with E-state index in [1.54, 1.807) is 0 Å². The number of rotatable bonds is 7. The van der Waals surface area contributed by atoms with Gasteiger partial charge in [-0.3, -0.25) is 0 Å². The van der Waals surface area contributed by atoms with Gasteiger partial charge in [-0.15, -0.1) is 11.3 Å². The lowest BCUT2D eigenvalue weighted by molar-refractivity contribution is 0.0698. The van der Waals surface area contributed by atoms with Crippen LogP contribution in [0.15, 0.2) is 16.3 Å². The predicted octanol–water partition coefficient (Wildman–Crippen LogP) is 0.819. The Morgan fingerprint density at radius 1 is 1.58 bits per heavy atom. The summed E-state index contributed by atoms with van der Waals surface area (Å²) in [5.41, 5.74) is 0. The Hall–Kier alpha value is -0.960. The van der Waals surface area contributed by atoms with Crippen molar-refractivity contribution < 1.29 is 18.3 Å². The van der Waals surface area contributed by atoms with E-state index in [4.69, 9.17) is 5.11 Å². The van der Waals surface area contributed by atoms with Crippen molar-refractivity contribution in [3.05, 3.63) is 16.3 Å². The van der Waals surface area contributed by atoms with Gasteiger partial charge >= 0.3 is 5.97 Å².